The van der Waals surface area contributed by atoms with Gasteiger partial charge >= 0.3 is 0 Å². The van der Waals surface area contributed by atoms with E-state index in [9.17, 15) is 14.4 Å². The van der Waals surface area contributed by atoms with Crippen LogP contribution in [0.3, 0.4) is 0 Å². The van der Waals surface area contributed by atoms with Gasteiger partial charge in [0.25, 0.3) is 0 Å². The molecule has 1 aliphatic heterocycles. The van der Waals surface area contributed by atoms with Gasteiger partial charge in [-0.15, -0.1) is 0 Å². The molecule has 5 nitrogen and oxygen atoms in total. The smallest absolute Gasteiger partial charge is 0.242 e. The highest BCUT2D eigenvalue weighted by atomic mass is 16.2. The van der Waals surface area contributed by atoms with E-state index in [0.717, 1.165) is 25.7 Å². The highest BCUT2D eigenvalue weighted by Gasteiger charge is 2.48. The van der Waals surface area contributed by atoms with Gasteiger partial charge < -0.3 is 4.90 Å². The molecule has 0 radical (unpaired) electrons. The largest absolute Gasteiger partial charge is 0.342 e. The summed E-state index contributed by atoms with van der Waals surface area (Å²) in [6.07, 6.45) is 3.62. The van der Waals surface area contributed by atoms with Crippen LogP contribution in [-0.2, 0) is 14.4 Å². The van der Waals surface area contributed by atoms with Crippen molar-refractivity contribution in [2.45, 2.75) is 39.5 Å². The summed E-state index contributed by atoms with van der Waals surface area (Å²) in [5, 5.41) is 0. The van der Waals surface area contributed by atoms with E-state index in [1.807, 2.05) is 13.8 Å². The van der Waals surface area contributed by atoms with Crippen molar-refractivity contribution in [3.8, 4) is 0 Å². The Kier molecular flexibility index (Phi) is 4.22. The second-order valence-electron chi connectivity index (χ2n) is 5.33. The minimum absolute atomic E-state index is 0.0770. The van der Waals surface area contributed by atoms with Crippen molar-refractivity contribution in [1.82, 2.24) is 9.80 Å². The van der Waals surface area contributed by atoms with Crippen molar-refractivity contribution in [3.63, 3.8) is 0 Å². The van der Waals surface area contributed by atoms with Crippen LogP contribution in [0.5, 0.6) is 0 Å². The number of hydrogen-bond acceptors (Lipinski definition) is 3. The molecule has 5 heteroatoms. The summed E-state index contributed by atoms with van der Waals surface area (Å²) in [6, 6.07) is 0. The van der Waals surface area contributed by atoms with Gasteiger partial charge in [-0.3, -0.25) is 19.3 Å². The number of hydrogen-bond donors (Lipinski definition) is 0. The van der Waals surface area contributed by atoms with Crippen LogP contribution in [0.25, 0.3) is 0 Å². The Labute approximate surface area is 113 Å². The molecular formula is C14H22N2O3. The number of likely N-dealkylation sites (N-methyl/N-ethyl adjacent to an activating group) is 1. The topological polar surface area (TPSA) is 57.7 Å². The zero-order valence-corrected chi connectivity index (χ0v) is 11.7. The van der Waals surface area contributed by atoms with Gasteiger partial charge in [0.15, 0.2) is 0 Å². The molecular weight excluding hydrogens is 244 g/mol. The number of fused-ring (bicyclic) bond motifs is 1. The Morgan fingerprint density at radius 3 is 2.00 bits per heavy atom. The first kappa shape index (κ1) is 14.0. The van der Waals surface area contributed by atoms with Gasteiger partial charge in [0.2, 0.25) is 17.7 Å². The fourth-order valence-electron chi connectivity index (χ4n) is 3.20. The average molecular weight is 266 g/mol. The molecule has 19 heavy (non-hydrogen) atoms. The van der Waals surface area contributed by atoms with Gasteiger partial charge in [-0.1, -0.05) is 12.8 Å². The quantitative estimate of drug-likeness (QED) is 0.714. The molecule has 0 spiro atoms. The molecule has 2 rings (SSSR count). The van der Waals surface area contributed by atoms with Gasteiger partial charge in [-0.2, -0.15) is 0 Å². The van der Waals surface area contributed by atoms with E-state index in [2.05, 4.69) is 0 Å². The lowest BCUT2D eigenvalue weighted by molar-refractivity contribution is -0.146. The third-order valence-corrected chi connectivity index (χ3v) is 4.34. The second kappa shape index (κ2) is 5.72. The van der Waals surface area contributed by atoms with Crippen LogP contribution in [0.15, 0.2) is 0 Å². The molecule has 1 saturated heterocycles. The van der Waals surface area contributed by atoms with Crippen molar-refractivity contribution in [2.24, 2.45) is 11.8 Å². The minimum Gasteiger partial charge on any atom is -0.342 e. The summed E-state index contributed by atoms with van der Waals surface area (Å²) in [6.45, 7) is 4.94. The lowest BCUT2D eigenvalue weighted by atomic mass is 9.81. The molecule has 2 unspecified atom stereocenters. The first-order valence-electron chi connectivity index (χ1n) is 7.23. The maximum atomic E-state index is 12.2. The van der Waals surface area contributed by atoms with Gasteiger partial charge in [-0.25, -0.2) is 0 Å². The number of rotatable bonds is 4. The van der Waals surface area contributed by atoms with Crippen LogP contribution in [0.1, 0.15) is 39.5 Å². The molecule has 2 aliphatic rings. The molecule has 3 amide bonds. The third-order valence-electron chi connectivity index (χ3n) is 4.34. The van der Waals surface area contributed by atoms with E-state index in [1.165, 1.54) is 4.90 Å². The zero-order valence-electron chi connectivity index (χ0n) is 11.7. The van der Waals surface area contributed by atoms with E-state index in [4.69, 9.17) is 0 Å². The highest BCUT2D eigenvalue weighted by Crippen LogP contribution is 2.37. The van der Waals surface area contributed by atoms with Crippen LogP contribution >= 0.6 is 0 Å². The van der Waals surface area contributed by atoms with E-state index >= 15 is 0 Å². The molecule has 2 atom stereocenters. The van der Waals surface area contributed by atoms with Crippen LogP contribution in [0.2, 0.25) is 0 Å². The third kappa shape index (κ3) is 2.51. The number of amides is 3. The SMILES string of the molecule is CCN(CC)C(=O)CN1C(=O)C2CCCCC2C1=O. The normalized spacial score (nSPS) is 26.5. The van der Waals surface area contributed by atoms with Crippen LogP contribution in [0, 0.1) is 11.8 Å². The van der Waals surface area contributed by atoms with Gasteiger partial charge in [-0.05, 0) is 26.7 Å². The lowest BCUT2D eigenvalue weighted by Crippen LogP contribution is -2.43. The Hall–Kier alpha value is -1.39. The molecule has 0 aromatic rings. The van der Waals surface area contributed by atoms with Crippen molar-refractivity contribution in [1.29, 1.82) is 0 Å². The fourth-order valence-corrected chi connectivity index (χ4v) is 3.20. The van der Waals surface area contributed by atoms with E-state index in [1.54, 1.807) is 4.90 Å². The van der Waals surface area contributed by atoms with Crippen molar-refractivity contribution < 1.29 is 14.4 Å². The number of carbonyl (C=O) groups is 3. The molecule has 1 heterocycles. The van der Waals surface area contributed by atoms with Gasteiger partial charge in [0.1, 0.15) is 6.54 Å². The van der Waals surface area contributed by atoms with Crippen molar-refractivity contribution in [3.05, 3.63) is 0 Å². The molecule has 0 aromatic heterocycles. The fraction of sp³-hybridized carbons (Fsp3) is 0.786. The molecule has 0 N–H and O–H groups in total. The van der Waals surface area contributed by atoms with Gasteiger partial charge in [0.05, 0.1) is 11.8 Å². The first-order chi connectivity index (χ1) is 9.10. The Balaban J connectivity index is 2.06. The zero-order chi connectivity index (χ0) is 14.0. The standard InChI is InChI=1S/C14H22N2O3/c1-3-15(4-2)12(17)9-16-13(18)10-7-5-6-8-11(10)14(16)19/h10-11H,3-9H2,1-2H3. The summed E-state index contributed by atoms with van der Waals surface area (Å²) in [7, 11) is 0. The van der Waals surface area contributed by atoms with Crippen molar-refractivity contribution >= 4 is 17.7 Å². The summed E-state index contributed by atoms with van der Waals surface area (Å²) in [4.78, 5) is 39.3. The van der Waals surface area contributed by atoms with Crippen LogP contribution in [0.4, 0.5) is 0 Å². The Bertz CT molecular complexity index is 366. The minimum atomic E-state index is -0.161. The van der Waals surface area contributed by atoms with E-state index in [-0.39, 0.29) is 36.1 Å². The van der Waals surface area contributed by atoms with Crippen LogP contribution in [-0.4, -0.2) is 47.2 Å². The summed E-state index contributed by atoms with van der Waals surface area (Å²) < 4.78 is 0. The molecule has 106 valence electrons. The lowest BCUT2D eigenvalue weighted by Gasteiger charge is -2.22. The Morgan fingerprint density at radius 2 is 1.58 bits per heavy atom. The maximum Gasteiger partial charge on any atom is 0.242 e. The van der Waals surface area contributed by atoms with E-state index < -0.39 is 0 Å². The predicted octanol–water partition coefficient (Wildman–Crippen LogP) is 1.03. The number of nitrogens with zero attached hydrogens (tertiary/aromatic N) is 2. The summed E-state index contributed by atoms with van der Waals surface area (Å²) in [5.41, 5.74) is 0. The predicted molar refractivity (Wildman–Crippen MR) is 70.1 cm³/mol. The molecule has 0 aromatic carbocycles. The van der Waals surface area contributed by atoms with E-state index in [0.29, 0.717) is 13.1 Å². The number of likely N-dealkylation sites (tertiary alicyclic amines) is 1. The number of imide groups is 1. The molecule has 0 bridgehead atoms. The summed E-state index contributed by atoms with van der Waals surface area (Å²) >= 11 is 0. The van der Waals surface area contributed by atoms with Gasteiger partial charge in [0, 0.05) is 13.1 Å². The Morgan fingerprint density at radius 1 is 1.11 bits per heavy atom. The molecule has 2 fully saturated rings. The summed E-state index contributed by atoms with van der Waals surface area (Å²) in [5.74, 6) is -0.715. The number of carbonyl (C=O) groups excluding carboxylic acids is 3. The molecule has 1 aliphatic carbocycles. The monoisotopic (exact) mass is 266 g/mol. The second-order valence-corrected chi connectivity index (χ2v) is 5.33. The molecule has 1 saturated carbocycles. The first-order valence-corrected chi connectivity index (χ1v) is 7.23. The van der Waals surface area contributed by atoms with Crippen LogP contribution < -0.4 is 0 Å². The maximum absolute atomic E-state index is 12.2. The van der Waals surface area contributed by atoms with Crippen molar-refractivity contribution in [2.75, 3.05) is 19.6 Å². The highest BCUT2D eigenvalue weighted by molar-refractivity contribution is 6.07. The average Bonchev–Trinajstić information content (AvgIpc) is 2.66.